The van der Waals surface area contributed by atoms with Crippen LogP contribution in [-0.4, -0.2) is 23.5 Å². The third-order valence-electron chi connectivity index (χ3n) is 4.01. The predicted molar refractivity (Wildman–Crippen MR) is 99.7 cm³/mol. The van der Waals surface area contributed by atoms with Gasteiger partial charge in [-0.1, -0.05) is 17.4 Å². The first kappa shape index (κ1) is 16.2. The molecule has 128 valence electrons. The lowest BCUT2D eigenvalue weighted by molar-refractivity contribution is 0.0997. The molecule has 1 aromatic heterocycles. The molecule has 3 aromatic rings. The summed E-state index contributed by atoms with van der Waals surface area (Å²) >= 11 is 3.09. The van der Waals surface area contributed by atoms with Crippen molar-refractivity contribution in [3.8, 4) is 11.5 Å². The lowest BCUT2D eigenvalue weighted by Gasteiger charge is -2.02. The first-order valence-corrected chi connectivity index (χ1v) is 9.90. The average molecular weight is 372 g/mol. The van der Waals surface area contributed by atoms with Crippen LogP contribution < -0.4 is 14.3 Å². The molecule has 0 fully saturated rings. The first-order chi connectivity index (χ1) is 12.2. The summed E-state index contributed by atoms with van der Waals surface area (Å²) in [4.78, 5) is 18.7. The van der Waals surface area contributed by atoms with Gasteiger partial charge in [-0.3, -0.25) is 4.79 Å². The Morgan fingerprint density at radius 2 is 2.08 bits per heavy atom. The van der Waals surface area contributed by atoms with Gasteiger partial charge in [0.15, 0.2) is 16.3 Å². The molecule has 0 unspecified atom stereocenters. The van der Waals surface area contributed by atoms with Gasteiger partial charge >= 0.3 is 0 Å². The molecule has 0 aliphatic carbocycles. The van der Waals surface area contributed by atoms with Gasteiger partial charge in [-0.2, -0.15) is 4.99 Å². The second-order valence-corrected chi connectivity index (χ2v) is 7.34. The van der Waals surface area contributed by atoms with Crippen molar-refractivity contribution in [2.75, 3.05) is 13.0 Å². The lowest BCUT2D eigenvalue weighted by Crippen LogP contribution is -2.15. The number of hydrogen-bond donors (Lipinski definition) is 0. The van der Waals surface area contributed by atoms with Gasteiger partial charge < -0.3 is 14.0 Å². The molecule has 0 spiro atoms. The molecule has 1 amide bonds. The molecule has 25 heavy (non-hydrogen) atoms. The Morgan fingerprint density at radius 1 is 1.28 bits per heavy atom. The number of benzene rings is 2. The number of fused-ring (bicyclic) bond motifs is 2. The molecule has 0 N–H and O–H groups in total. The molecule has 5 nitrogen and oxygen atoms in total. The van der Waals surface area contributed by atoms with Crippen molar-refractivity contribution in [2.24, 2.45) is 4.99 Å². The van der Waals surface area contributed by atoms with Crippen molar-refractivity contribution in [3.05, 3.63) is 46.8 Å². The number of carbonyl (C=O) groups is 1. The van der Waals surface area contributed by atoms with E-state index in [0.717, 1.165) is 33.2 Å². The Hall–Kier alpha value is -2.25. The van der Waals surface area contributed by atoms with E-state index in [4.69, 9.17) is 9.47 Å². The fourth-order valence-electron chi connectivity index (χ4n) is 2.76. The van der Waals surface area contributed by atoms with Crippen LogP contribution >= 0.6 is 23.1 Å². The van der Waals surface area contributed by atoms with E-state index in [0.29, 0.717) is 10.4 Å². The number of aromatic nitrogens is 1. The smallest absolute Gasteiger partial charge is 0.279 e. The zero-order chi connectivity index (χ0) is 17.4. The predicted octanol–water partition coefficient (Wildman–Crippen LogP) is 3.91. The molecular weight excluding hydrogens is 356 g/mol. The highest BCUT2D eigenvalue weighted by molar-refractivity contribution is 7.98. The maximum atomic E-state index is 12.6. The van der Waals surface area contributed by atoms with Crippen molar-refractivity contribution in [1.82, 2.24) is 4.57 Å². The number of thiazole rings is 1. The maximum absolute atomic E-state index is 12.6. The third kappa shape index (κ3) is 2.94. The Morgan fingerprint density at radius 3 is 2.84 bits per heavy atom. The molecule has 1 aliphatic heterocycles. The van der Waals surface area contributed by atoms with Gasteiger partial charge in [-0.25, -0.2) is 0 Å². The summed E-state index contributed by atoms with van der Waals surface area (Å²) in [6, 6.07) is 11.4. The summed E-state index contributed by atoms with van der Waals surface area (Å²) in [5.41, 5.74) is 1.60. The van der Waals surface area contributed by atoms with E-state index in [2.05, 4.69) is 4.99 Å². The van der Waals surface area contributed by atoms with Crippen molar-refractivity contribution in [1.29, 1.82) is 0 Å². The Balaban J connectivity index is 1.82. The summed E-state index contributed by atoms with van der Waals surface area (Å²) in [6.45, 7) is 3.01. The highest BCUT2D eigenvalue weighted by atomic mass is 32.2. The Labute approximate surface area is 152 Å². The molecular formula is C18H16N2O3S2. The minimum Gasteiger partial charge on any atom is -0.454 e. The maximum Gasteiger partial charge on any atom is 0.279 e. The van der Waals surface area contributed by atoms with Crippen LogP contribution in [0, 0.1) is 0 Å². The minimum absolute atomic E-state index is 0.232. The number of thioether (sulfide) groups is 1. The van der Waals surface area contributed by atoms with Crippen LogP contribution in [0.1, 0.15) is 17.3 Å². The van der Waals surface area contributed by atoms with Crippen LogP contribution in [0.15, 0.2) is 46.3 Å². The molecule has 0 atom stereocenters. The summed E-state index contributed by atoms with van der Waals surface area (Å²) in [6.07, 6.45) is 1.99. The van der Waals surface area contributed by atoms with Crippen LogP contribution in [0.5, 0.6) is 11.5 Å². The highest BCUT2D eigenvalue weighted by Gasteiger charge is 2.17. The largest absolute Gasteiger partial charge is 0.454 e. The molecule has 0 bridgehead atoms. The van der Waals surface area contributed by atoms with Crippen LogP contribution in [-0.2, 0) is 6.54 Å². The highest BCUT2D eigenvalue weighted by Crippen LogP contribution is 2.36. The van der Waals surface area contributed by atoms with Crippen molar-refractivity contribution in [3.63, 3.8) is 0 Å². The van der Waals surface area contributed by atoms with Crippen molar-refractivity contribution in [2.45, 2.75) is 18.4 Å². The second kappa shape index (κ2) is 6.57. The number of ether oxygens (including phenoxy) is 2. The molecule has 0 saturated heterocycles. The standard InChI is InChI=1S/C18H16N2O3S2/c1-3-20-13-8-14-15(23-10-22-14)9-16(13)25-18(20)19-17(21)11-5-4-6-12(7-11)24-2/h4-9H,3,10H2,1-2H3. The van der Waals surface area contributed by atoms with Crippen molar-refractivity contribution >= 4 is 39.2 Å². The SMILES string of the molecule is CCn1c(=NC(=O)c2cccc(SC)c2)sc2cc3c(cc21)OCO3. The number of rotatable bonds is 3. The van der Waals surface area contributed by atoms with Gasteiger partial charge in [-0.15, -0.1) is 11.8 Å². The second-order valence-electron chi connectivity index (χ2n) is 5.45. The Bertz CT molecular complexity index is 1040. The van der Waals surface area contributed by atoms with E-state index >= 15 is 0 Å². The van der Waals surface area contributed by atoms with Crippen LogP contribution in [0.25, 0.3) is 10.2 Å². The molecule has 4 rings (SSSR count). The summed E-state index contributed by atoms with van der Waals surface area (Å²) in [5.74, 6) is 1.24. The number of carbonyl (C=O) groups excluding carboxylic acids is 1. The number of amides is 1. The molecule has 0 radical (unpaired) electrons. The van der Waals surface area contributed by atoms with E-state index in [9.17, 15) is 4.79 Å². The lowest BCUT2D eigenvalue weighted by atomic mass is 10.2. The molecule has 1 aliphatic rings. The van der Waals surface area contributed by atoms with Crippen molar-refractivity contribution < 1.29 is 14.3 Å². The first-order valence-electron chi connectivity index (χ1n) is 7.85. The van der Waals surface area contributed by atoms with Gasteiger partial charge in [-0.05, 0) is 31.4 Å². The number of hydrogen-bond acceptors (Lipinski definition) is 5. The third-order valence-corrected chi connectivity index (χ3v) is 5.77. The quantitative estimate of drug-likeness (QED) is 0.654. The molecule has 7 heteroatoms. The monoisotopic (exact) mass is 372 g/mol. The van der Waals surface area contributed by atoms with Gasteiger partial charge in [0.1, 0.15) is 0 Å². The average Bonchev–Trinajstić information content (AvgIpc) is 3.22. The van der Waals surface area contributed by atoms with E-state index in [1.54, 1.807) is 17.8 Å². The summed E-state index contributed by atoms with van der Waals surface area (Å²) in [5, 5.41) is 0. The fraction of sp³-hybridized carbons (Fsp3) is 0.222. The van der Waals surface area contributed by atoms with Crippen LogP contribution in [0.2, 0.25) is 0 Å². The zero-order valence-electron chi connectivity index (χ0n) is 13.8. The van der Waals surface area contributed by atoms with Gasteiger partial charge in [0, 0.05) is 29.1 Å². The number of nitrogens with zero attached hydrogens (tertiary/aromatic N) is 2. The van der Waals surface area contributed by atoms with E-state index in [1.807, 2.05) is 48.1 Å². The van der Waals surface area contributed by atoms with E-state index < -0.39 is 0 Å². The topological polar surface area (TPSA) is 52.8 Å². The zero-order valence-corrected chi connectivity index (χ0v) is 15.4. The fourth-order valence-corrected chi connectivity index (χ4v) is 4.32. The normalized spacial score (nSPS) is 13.6. The van der Waals surface area contributed by atoms with Gasteiger partial charge in [0.2, 0.25) is 6.79 Å². The molecule has 2 heterocycles. The van der Waals surface area contributed by atoms with E-state index in [-0.39, 0.29) is 12.7 Å². The number of aryl methyl sites for hydroxylation is 1. The van der Waals surface area contributed by atoms with E-state index in [1.165, 1.54) is 11.3 Å². The summed E-state index contributed by atoms with van der Waals surface area (Å²) in [7, 11) is 0. The Kier molecular flexibility index (Phi) is 4.27. The van der Waals surface area contributed by atoms with Crippen LogP contribution in [0.3, 0.4) is 0 Å². The minimum atomic E-state index is -0.232. The van der Waals surface area contributed by atoms with Crippen LogP contribution in [0.4, 0.5) is 0 Å². The van der Waals surface area contributed by atoms with Gasteiger partial charge in [0.05, 0.1) is 10.2 Å². The summed E-state index contributed by atoms with van der Waals surface area (Å²) < 4.78 is 14.0. The molecule has 0 saturated carbocycles. The molecule has 2 aromatic carbocycles. The van der Waals surface area contributed by atoms with Gasteiger partial charge in [0.25, 0.3) is 5.91 Å².